The Morgan fingerprint density at radius 2 is 1.28 bits per heavy atom. The van der Waals surface area contributed by atoms with E-state index < -0.39 is 46.1 Å². The van der Waals surface area contributed by atoms with Crippen molar-refractivity contribution in [3.63, 3.8) is 0 Å². The summed E-state index contributed by atoms with van der Waals surface area (Å²) < 4.78 is 94.8. The van der Waals surface area contributed by atoms with E-state index in [0.29, 0.717) is 5.56 Å². The van der Waals surface area contributed by atoms with E-state index in [-0.39, 0.29) is 17.7 Å². The van der Waals surface area contributed by atoms with E-state index in [1.54, 1.807) is 18.2 Å². The summed E-state index contributed by atoms with van der Waals surface area (Å²) in [5, 5.41) is 0. The largest absolute Gasteiger partial charge is 0.422 e. The molecule has 3 rings (SSSR count). The van der Waals surface area contributed by atoms with Gasteiger partial charge in [-0.2, -0.15) is 13.2 Å². The van der Waals surface area contributed by atoms with Gasteiger partial charge < -0.3 is 0 Å². The Morgan fingerprint density at radius 1 is 0.750 bits per heavy atom. The molecule has 0 unspecified atom stereocenters. The summed E-state index contributed by atoms with van der Waals surface area (Å²) in [6.07, 6.45) is -1.84. The molecule has 0 radical (unpaired) electrons. The second-order valence-electron chi connectivity index (χ2n) is 6.90. The fourth-order valence-corrected chi connectivity index (χ4v) is 3.08. The minimum Gasteiger partial charge on any atom is -0.206 e. The maximum Gasteiger partial charge on any atom is 0.422 e. The van der Waals surface area contributed by atoms with Crippen LogP contribution < -0.4 is 0 Å². The van der Waals surface area contributed by atoms with Crippen molar-refractivity contribution in [3.8, 4) is 23.0 Å². The lowest BCUT2D eigenvalue weighted by Crippen LogP contribution is -2.11. The summed E-state index contributed by atoms with van der Waals surface area (Å²) in [7, 11) is 0. The van der Waals surface area contributed by atoms with Crippen LogP contribution in [0.2, 0.25) is 0 Å². The van der Waals surface area contributed by atoms with Crippen LogP contribution in [-0.4, -0.2) is 0 Å². The zero-order chi connectivity index (χ0) is 23.5. The monoisotopic (exact) mass is 448 g/mol. The fraction of sp³-hybridized carbons (Fsp3) is 0.120. The highest BCUT2D eigenvalue weighted by Crippen LogP contribution is 2.37. The number of alkyl halides is 3. The van der Waals surface area contributed by atoms with Gasteiger partial charge in [-0.05, 0) is 60.4 Å². The van der Waals surface area contributed by atoms with Crippen molar-refractivity contribution in [2.75, 3.05) is 0 Å². The second-order valence-corrected chi connectivity index (χ2v) is 6.90. The summed E-state index contributed by atoms with van der Waals surface area (Å²) in [4.78, 5) is 0. The minimum atomic E-state index is -5.28. The predicted molar refractivity (Wildman–Crippen MR) is 108 cm³/mol. The smallest absolute Gasteiger partial charge is 0.206 e. The van der Waals surface area contributed by atoms with Crippen LogP contribution in [0.15, 0.2) is 61.2 Å². The van der Waals surface area contributed by atoms with Gasteiger partial charge in [0.2, 0.25) is 0 Å². The molecule has 7 heteroatoms. The van der Waals surface area contributed by atoms with Crippen molar-refractivity contribution in [2.24, 2.45) is 0 Å². The summed E-state index contributed by atoms with van der Waals surface area (Å²) in [6.45, 7) is 3.65. The van der Waals surface area contributed by atoms with Crippen molar-refractivity contribution >= 4 is 0 Å². The molecule has 0 heterocycles. The van der Waals surface area contributed by atoms with Gasteiger partial charge in [0.15, 0.2) is 0 Å². The van der Waals surface area contributed by atoms with Gasteiger partial charge in [-0.25, -0.2) is 17.6 Å². The van der Waals surface area contributed by atoms with Crippen molar-refractivity contribution in [1.82, 2.24) is 0 Å². The van der Waals surface area contributed by atoms with Crippen molar-refractivity contribution < 1.29 is 30.7 Å². The van der Waals surface area contributed by atoms with Gasteiger partial charge in [0.25, 0.3) is 0 Å². The predicted octanol–water partition coefficient (Wildman–Crippen LogP) is 7.45. The molecule has 0 amide bonds. The summed E-state index contributed by atoms with van der Waals surface area (Å²) in [5.41, 5.74) is -2.05. The molecular formula is C25H15F7. The molecule has 0 aromatic heterocycles. The van der Waals surface area contributed by atoms with E-state index in [9.17, 15) is 30.7 Å². The van der Waals surface area contributed by atoms with E-state index in [1.807, 2.05) is 12.1 Å². The lowest BCUT2D eigenvalue weighted by atomic mass is 9.99. The maximum atomic E-state index is 14.5. The molecule has 0 N–H and O–H groups in total. The SMILES string of the molecule is C=CCCc1ccc(C#Cc2cc(F)c(-c3cc(F)c(C(F)(F)F)c(F)c3)c(F)c2)cc1. The minimum absolute atomic E-state index is 0.0488. The summed E-state index contributed by atoms with van der Waals surface area (Å²) >= 11 is 0. The number of benzene rings is 3. The molecule has 0 aliphatic rings. The van der Waals surface area contributed by atoms with Crippen LogP contribution in [-0.2, 0) is 12.6 Å². The average Bonchev–Trinajstić information content (AvgIpc) is 2.69. The Kier molecular flexibility index (Phi) is 6.73. The van der Waals surface area contributed by atoms with Gasteiger partial charge in [0.1, 0.15) is 28.8 Å². The number of rotatable bonds is 4. The van der Waals surface area contributed by atoms with Gasteiger partial charge in [0, 0.05) is 11.1 Å². The molecule has 0 bridgehead atoms. The highest BCUT2D eigenvalue weighted by molar-refractivity contribution is 5.67. The normalized spacial score (nSPS) is 11.1. The van der Waals surface area contributed by atoms with Crippen LogP contribution in [0.3, 0.4) is 0 Å². The van der Waals surface area contributed by atoms with Gasteiger partial charge in [-0.1, -0.05) is 30.0 Å². The van der Waals surface area contributed by atoms with Crippen LogP contribution in [0.25, 0.3) is 11.1 Å². The van der Waals surface area contributed by atoms with E-state index >= 15 is 0 Å². The maximum absolute atomic E-state index is 14.5. The van der Waals surface area contributed by atoms with E-state index in [1.165, 1.54) is 0 Å². The fourth-order valence-electron chi connectivity index (χ4n) is 3.08. The third-order valence-electron chi connectivity index (χ3n) is 4.60. The van der Waals surface area contributed by atoms with Gasteiger partial charge in [0.05, 0.1) is 5.56 Å². The summed E-state index contributed by atoms with van der Waals surface area (Å²) in [6, 6.07) is 9.41. The molecule has 0 nitrogen and oxygen atoms in total. The molecule has 3 aromatic rings. The molecular weight excluding hydrogens is 433 g/mol. The molecule has 32 heavy (non-hydrogen) atoms. The lowest BCUT2D eigenvalue weighted by Gasteiger charge is -2.12. The second kappa shape index (κ2) is 9.31. The highest BCUT2D eigenvalue weighted by atomic mass is 19.4. The molecule has 0 fully saturated rings. The molecule has 0 aliphatic carbocycles. The Labute approximate surface area is 180 Å². The molecule has 0 saturated heterocycles. The zero-order valence-electron chi connectivity index (χ0n) is 16.5. The van der Waals surface area contributed by atoms with E-state index in [2.05, 4.69) is 18.4 Å². The van der Waals surface area contributed by atoms with Crippen molar-refractivity contribution in [1.29, 1.82) is 0 Å². The number of halogens is 7. The first-order chi connectivity index (χ1) is 15.1. The van der Waals surface area contributed by atoms with E-state index in [4.69, 9.17) is 0 Å². The topological polar surface area (TPSA) is 0 Å². The van der Waals surface area contributed by atoms with Crippen LogP contribution in [0.1, 0.15) is 28.7 Å². The van der Waals surface area contributed by atoms with Crippen LogP contribution >= 0.6 is 0 Å². The number of allylic oxidation sites excluding steroid dienone is 1. The molecule has 164 valence electrons. The Morgan fingerprint density at radius 3 is 1.78 bits per heavy atom. The molecule has 0 atom stereocenters. The number of hydrogen-bond donors (Lipinski definition) is 0. The quantitative estimate of drug-likeness (QED) is 0.221. The molecule has 3 aromatic carbocycles. The Balaban J connectivity index is 1.92. The van der Waals surface area contributed by atoms with Gasteiger partial charge >= 0.3 is 6.18 Å². The first-order valence-corrected chi connectivity index (χ1v) is 9.37. The first kappa shape index (κ1) is 23.1. The highest BCUT2D eigenvalue weighted by Gasteiger charge is 2.38. The van der Waals surface area contributed by atoms with Crippen LogP contribution in [0, 0.1) is 35.1 Å². The molecule has 0 saturated carbocycles. The van der Waals surface area contributed by atoms with Crippen molar-refractivity contribution in [2.45, 2.75) is 19.0 Å². The Bertz CT molecular complexity index is 1160. The summed E-state index contributed by atoms with van der Waals surface area (Å²) in [5.74, 6) is -1.02. The third kappa shape index (κ3) is 5.20. The number of hydrogen-bond acceptors (Lipinski definition) is 0. The standard InChI is InChI=1S/C25H15F7/c1-2-3-4-15-5-7-16(8-6-15)9-10-17-11-19(26)23(20(27)12-17)18-13-21(28)24(22(29)14-18)25(30,31)32/h2,5-8,11-14H,1,3-4H2. The first-order valence-electron chi connectivity index (χ1n) is 9.37. The molecule has 0 aliphatic heterocycles. The Hall–Kier alpha value is -3.53. The average molecular weight is 448 g/mol. The zero-order valence-corrected chi connectivity index (χ0v) is 16.5. The third-order valence-corrected chi connectivity index (χ3v) is 4.60. The van der Waals surface area contributed by atoms with Gasteiger partial charge in [-0.3, -0.25) is 0 Å². The van der Waals surface area contributed by atoms with Crippen molar-refractivity contribution in [3.05, 3.63) is 107 Å². The van der Waals surface area contributed by atoms with Crippen LogP contribution in [0.4, 0.5) is 30.7 Å². The van der Waals surface area contributed by atoms with Crippen LogP contribution in [0.5, 0.6) is 0 Å². The van der Waals surface area contributed by atoms with E-state index in [0.717, 1.165) is 30.5 Å². The lowest BCUT2D eigenvalue weighted by molar-refractivity contribution is -0.142. The molecule has 0 spiro atoms. The number of aryl methyl sites for hydroxylation is 1. The van der Waals surface area contributed by atoms with Gasteiger partial charge in [-0.15, -0.1) is 6.58 Å².